The van der Waals surface area contributed by atoms with Crippen molar-refractivity contribution in [3.63, 3.8) is 0 Å². The minimum Gasteiger partial charge on any atom is -0.410 e. The van der Waals surface area contributed by atoms with Gasteiger partial charge in [-0.05, 0) is 91.2 Å². The number of hydrogen-bond acceptors (Lipinski definition) is 14. The summed E-state index contributed by atoms with van der Waals surface area (Å²) in [5, 5.41) is 55.8. The number of pyridine rings is 2. The van der Waals surface area contributed by atoms with Crippen LogP contribution in [-0.2, 0) is 0 Å². The van der Waals surface area contributed by atoms with Gasteiger partial charge in [-0.25, -0.2) is 9.59 Å². The van der Waals surface area contributed by atoms with Gasteiger partial charge in [-0.3, -0.25) is 25.4 Å². The molecular weight excluding hydrogens is 1110 g/mol. The third kappa shape index (κ3) is 19.6. The summed E-state index contributed by atoms with van der Waals surface area (Å²) in [6, 6.07) is 14.0. The maximum atomic E-state index is 12.5. The van der Waals surface area contributed by atoms with E-state index in [0.717, 1.165) is 78.8 Å². The number of nitrogens with zero attached hydrogens (tertiary/aromatic N) is 4. The zero-order chi connectivity index (χ0) is 54.3. The molecule has 2 atom stereocenters. The zero-order valence-corrected chi connectivity index (χ0v) is 40.8. The van der Waals surface area contributed by atoms with Crippen molar-refractivity contribution in [2.24, 2.45) is 0 Å². The fraction of sp³-hybridized carbons (Fsp3) is 0.292. The molecule has 7 rings (SSSR count). The lowest BCUT2D eigenvalue weighted by Crippen LogP contribution is -2.38. The molecule has 0 spiro atoms. The number of aromatic nitrogens is 2. The summed E-state index contributed by atoms with van der Waals surface area (Å²) < 4.78 is 85.8. The number of aliphatic hydroxyl groups excluding tert-OH is 4. The number of nitro benzene ring substituents is 1. The summed E-state index contributed by atoms with van der Waals surface area (Å²) in [5.41, 5.74) is 4.26. The van der Waals surface area contributed by atoms with Crippen LogP contribution >= 0.6 is 46.4 Å². The minimum absolute atomic E-state index is 0. The van der Waals surface area contributed by atoms with E-state index in [4.69, 9.17) is 61.4 Å². The molecule has 7 N–H and O–H groups in total. The number of nitro groups is 1. The molecule has 2 aromatic heterocycles. The topological polar surface area (TPSA) is 251 Å². The molecule has 3 amide bonds. The first kappa shape index (κ1) is 63.8. The van der Waals surface area contributed by atoms with Crippen LogP contribution < -0.4 is 30.2 Å². The largest absolute Gasteiger partial charge is 0.573 e. The van der Waals surface area contributed by atoms with Crippen molar-refractivity contribution in [3.8, 4) is 17.2 Å². The first-order chi connectivity index (χ1) is 34.9. The minimum atomic E-state index is -4.90. The fourth-order valence-electron chi connectivity index (χ4n) is 6.52. The predicted octanol–water partition coefficient (Wildman–Crippen LogP) is 11.8. The Morgan fingerprint density at radius 2 is 1.21 bits per heavy atom. The molecule has 28 heteroatoms. The molecular formula is C48H49Cl4F6N7O11. The summed E-state index contributed by atoms with van der Waals surface area (Å²) >= 11 is 23.8. The number of ether oxygens (including phenoxy) is 3. The summed E-state index contributed by atoms with van der Waals surface area (Å²) in [7, 11) is 0. The van der Waals surface area contributed by atoms with E-state index in [2.05, 4.69) is 41.5 Å². The van der Waals surface area contributed by atoms with Gasteiger partial charge in [0.2, 0.25) is 0 Å². The van der Waals surface area contributed by atoms with Crippen LogP contribution in [0.5, 0.6) is 17.2 Å². The van der Waals surface area contributed by atoms with Gasteiger partial charge >= 0.3 is 24.8 Å². The molecule has 0 bridgehead atoms. The Balaban J connectivity index is 0.000000310. The number of nitrogens with one attached hydrogen (secondary N) is 3. The molecule has 0 radical (unpaired) electrons. The molecule has 0 fully saturated rings. The molecule has 0 aliphatic carbocycles. The lowest BCUT2D eigenvalue weighted by Gasteiger charge is -2.27. The maximum Gasteiger partial charge on any atom is 0.573 e. The summed E-state index contributed by atoms with van der Waals surface area (Å²) in [6.45, 7) is 1.57. The number of anilines is 2. The van der Waals surface area contributed by atoms with Crippen molar-refractivity contribution >= 4 is 86.7 Å². The Kier molecular flexibility index (Phi) is 24.5. The van der Waals surface area contributed by atoms with Gasteiger partial charge in [0, 0.05) is 66.7 Å². The second kappa shape index (κ2) is 29.1. The molecule has 2 aliphatic heterocycles. The lowest BCUT2D eigenvalue weighted by molar-refractivity contribution is -0.384. The van der Waals surface area contributed by atoms with Crippen molar-refractivity contribution < 1.29 is 75.5 Å². The number of carbonyl (C=O) groups excluding carboxylic acids is 2. The molecule has 3 aromatic carbocycles. The third-order valence-electron chi connectivity index (χ3n) is 10.1. The molecule has 412 valence electrons. The number of carbonyl (C=O) groups is 2. The zero-order valence-electron chi connectivity index (χ0n) is 37.8. The highest BCUT2D eigenvalue weighted by atomic mass is 35.5. The van der Waals surface area contributed by atoms with Crippen LogP contribution in [0.25, 0.3) is 11.1 Å². The summed E-state index contributed by atoms with van der Waals surface area (Å²) in [6.07, 6.45) is -4.52. The number of non-ortho nitro benzene ring substituents is 1. The van der Waals surface area contributed by atoms with Crippen LogP contribution in [0, 0.1) is 10.1 Å². The summed E-state index contributed by atoms with van der Waals surface area (Å²) in [5.74, 6) is -1.15. The quantitative estimate of drug-likeness (QED) is 0.0349. The van der Waals surface area contributed by atoms with E-state index in [1.54, 1.807) is 18.3 Å². The van der Waals surface area contributed by atoms with E-state index in [9.17, 15) is 56.3 Å². The van der Waals surface area contributed by atoms with Crippen molar-refractivity contribution in [1.82, 2.24) is 20.2 Å². The van der Waals surface area contributed by atoms with E-state index < -0.39 is 60.1 Å². The average molecular weight is 1160 g/mol. The number of benzene rings is 3. The number of amides is 3. The van der Waals surface area contributed by atoms with E-state index in [0.29, 0.717) is 39.8 Å². The van der Waals surface area contributed by atoms with Gasteiger partial charge in [-0.1, -0.05) is 73.4 Å². The molecule has 4 heterocycles. The van der Waals surface area contributed by atoms with E-state index in [1.807, 2.05) is 0 Å². The van der Waals surface area contributed by atoms with Crippen LogP contribution in [0.15, 0.2) is 97.3 Å². The molecule has 18 nitrogen and oxygen atoms in total. The molecule has 76 heavy (non-hydrogen) atoms. The van der Waals surface area contributed by atoms with Crippen LogP contribution in [0.4, 0.5) is 53.0 Å². The van der Waals surface area contributed by atoms with E-state index in [-0.39, 0.29) is 60.9 Å². The van der Waals surface area contributed by atoms with Gasteiger partial charge < -0.3 is 50.2 Å². The molecule has 0 unspecified atom stereocenters. The SMILES string of the molecule is C.C.O=C(Nc1ccc(OC(F)(F)F)c(Cl)c1)N1CC=C(c2ncc([C@H](O)CO)cc2Cl)CC1.O=C(Nc1ccc(OC(F)(F)F)c(Cl)c1)Oc1ccc([N+](=O)[O-])cc1.OC[C@@H](O)c1cnc(C2=CCNCC2)c(Cl)c1. The van der Waals surface area contributed by atoms with Crippen molar-refractivity contribution in [1.29, 1.82) is 0 Å². The Hall–Kier alpha value is -6.48. The standard InChI is InChI=1S/C20H18Cl2F3N3O4.C14H8ClF3N2O5.C12H15ClN2O2.2CH4/c21-14-8-13(1-2-17(14)32-20(23,24)25)27-19(31)28-5-3-11(4-6-28)18-15(22)7-12(9-26-18)16(30)10-29;15-11-7-8(1-6-12(11)25-14(16,17)18)19-13(21)24-10-4-2-9(3-5-10)20(22)23;13-10-5-9(11(17)7-16)6-15-12(10)8-1-3-14-4-2-8;;/h1-3,7-9,16,29-30H,4-6,10H2,(H,27,31);1-7H,(H,19,21);1,5-6,11,14,16-17H,2-4,7H2;2*1H4/t16-;;11-;;/m1.1../s1. The predicted molar refractivity (Wildman–Crippen MR) is 274 cm³/mol. The highest BCUT2D eigenvalue weighted by Gasteiger charge is 2.33. The second-order valence-electron chi connectivity index (χ2n) is 15.3. The average Bonchev–Trinajstić information content (AvgIpc) is 3.35. The molecule has 0 saturated carbocycles. The number of hydrogen-bond donors (Lipinski definition) is 7. The van der Waals surface area contributed by atoms with Crippen LogP contribution in [0.1, 0.15) is 62.4 Å². The third-order valence-corrected chi connectivity index (χ3v) is 11.2. The van der Waals surface area contributed by atoms with E-state index in [1.165, 1.54) is 35.4 Å². The van der Waals surface area contributed by atoms with Gasteiger partial charge in [-0.15, -0.1) is 26.3 Å². The van der Waals surface area contributed by atoms with Crippen molar-refractivity contribution in [3.05, 3.63) is 150 Å². The first-order valence-electron chi connectivity index (χ1n) is 21.3. The Morgan fingerprint density at radius 3 is 1.61 bits per heavy atom. The highest BCUT2D eigenvalue weighted by Crippen LogP contribution is 2.35. The van der Waals surface area contributed by atoms with Gasteiger partial charge in [0.25, 0.3) is 5.69 Å². The molecule has 2 aliphatic rings. The fourth-order valence-corrected chi connectivity index (χ4v) is 7.55. The Morgan fingerprint density at radius 1 is 0.724 bits per heavy atom. The van der Waals surface area contributed by atoms with Gasteiger partial charge in [0.1, 0.15) is 29.5 Å². The van der Waals surface area contributed by atoms with Crippen LogP contribution in [-0.4, -0.2) is 104 Å². The van der Waals surface area contributed by atoms with Crippen molar-refractivity contribution in [2.45, 2.75) is 52.6 Å². The van der Waals surface area contributed by atoms with Crippen LogP contribution in [0.3, 0.4) is 0 Å². The molecule has 5 aromatic rings. The molecule has 0 saturated heterocycles. The van der Waals surface area contributed by atoms with E-state index >= 15 is 0 Å². The lowest BCUT2D eigenvalue weighted by atomic mass is 10.0. The first-order valence-corrected chi connectivity index (χ1v) is 22.8. The van der Waals surface area contributed by atoms with Crippen LogP contribution in [0.2, 0.25) is 20.1 Å². The number of alkyl halides is 6. The highest BCUT2D eigenvalue weighted by molar-refractivity contribution is 6.33. The monoisotopic (exact) mass is 1150 g/mol. The second-order valence-corrected chi connectivity index (χ2v) is 16.9. The van der Waals surface area contributed by atoms with Gasteiger partial charge in [-0.2, -0.15) is 0 Å². The number of halogens is 10. The Labute approximate surface area is 450 Å². The van der Waals surface area contributed by atoms with Gasteiger partial charge in [0.05, 0.1) is 49.6 Å². The summed E-state index contributed by atoms with van der Waals surface area (Å²) in [4.78, 5) is 44.1. The maximum absolute atomic E-state index is 12.5. The number of urea groups is 1. The smallest absolute Gasteiger partial charge is 0.410 e. The van der Waals surface area contributed by atoms with Crippen molar-refractivity contribution in [2.75, 3.05) is 50.0 Å². The number of rotatable bonds is 12. The Bertz CT molecular complexity index is 2850. The number of aliphatic hydroxyl groups is 4. The normalized spacial score (nSPS) is 13.9. The van der Waals surface area contributed by atoms with Gasteiger partial charge in [0.15, 0.2) is 0 Å².